The van der Waals surface area contributed by atoms with E-state index in [1.165, 1.54) is 0 Å². The molecule has 0 aliphatic carbocycles. The molecule has 0 saturated heterocycles. The van der Waals surface area contributed by atoms with Crippen LogP contribution in [-0.2, 0) is 17.9 Å². The van der Waals surface area contributed by atoms with E-state index in [0.717, 1.165) is 16.3 Å². The highest BCUT2D eigenvalue weighted by Gasteiger charge is 2.18. The first-order valence-electron chi connectivity index (χ1n) is 7.43. The van der Waals surface area contributed by atoms with Crippen molar-refractivity contribution in [3.63, 3.8) is 0 Å². The average molecular weight is 351 g/mol. The number of nitrogens with zero attached hydrogens (tertiary/aromatic N) is 2. The van der Waals surface area contributed by atoms with Gasteiger partial charge in [-0.05, 0) is 36.8 Å². The van der Waals surface area contributed by atoms with E-state index in [4.69, 9.17) is 23.2 Å². The van der Waals surface area contributed by atoms with Crippen LogP contribution < -0.4 is 0 Å². The van der Waals surface area contributed by atoms with E-state index in [9.17, 15) is 4.79 Å². The minimum Gasteiger partial charge on any atom is -0.345 e. The lowest BCUT2D eigenvalue weighted by atomic mass is 10.2. The first kappa shape index (κ1) is 17.6. The maximum atomic E-state index is 12.2. The predicted octanol–water partition coefficient (Wildman–Crippen LogP) is 4.33. The van der Waals surface area contributed by atoms with Crippen LogP contribution in [0.5, 0.6) is 0 Å². The largest absolute Gasteiger partial charge is 0.345 e. The Hall–Kier alpha value is -1.71. The summed E-state index contributed by atoms with van der Waals surface area (Å²) in [5, 5.41) is 0.168. The number of carbonyl (C=O) groups excluding carboxylic acids is 1. The molecule has 122 valence electrons. The topological polar surface area (TPSA) is 25.2 Å². The summed E-state index contributed by atoms with van der Waals surface area (Å²) in [5.41, 5.74) is 2.15. The molecule has 0 radical (unpaired) electrons. The monoisotopic (exact) mass is 350 g/mol. The van der Waals surface area contributed by atoms with Gasteiger partial charge >= 0.3 is 0 Å². The zero-order valence-corrected chi connectivity index (χ0v) is 14.6. The summed E-state index contributed by atoms with van der Waals surface area (Å²) in [6.45, 7) is 7.07. The van der Waals surface area contributed by atoms with Gasteiger partial charge in [0.2, 0.25) is 5.91 Å². The summed E-state index contributed by atoms with van der Waals surface area (Å²) in [4.78, 5) is 13.9. The second-order valence-corrected chi connectivity index (χ2v) is 6.47. The molecule has 2 aromatic rings. The molecular formula is C18H20Cl2N2O. The Morgan fingerprint density at radius 3 is 2.83 bits per heavy atom. The van der Waals surface area contributed by atoms with Crippen LogP contribution in [0.15, 0.2) is 55.3 Å². The van der Waals surface area contributed by atoms with Gasteiger partial charge in [-0.25, -0.2) is 0 Å². The van der Waals surface area contributed by atoms with Gasteiger partial charge in [-0.15, -0.1) is 18.2 Å². The number of rotatable bonds is 7. The zero-order chi connectivity index (χ0) is 16.8. The molecule has 0 bridgehead atoms. The Morgan fingerprint density at radius 1 is 1.39 bits per heavy atom. The van der Waals surface area contributed by atoms with Crippen LogP contribution in [-0.4, -0.2) is 27.3 Å². The molecule has 1 unspecified atom stereocenters. The second kappa shape index (κ2) is 8.23. The van der Waals surface area contributed by atoms with Crippen LogP contribution in [0.4, 0.5) is 0 Å². The van der Waals surface area contributed by atoms with Crippen LogP contribution in [0.1, 0.15) is 18.2 Å². The van der Waals surface area contributed by atoms with E-state index in [-0.39, 0.29) is 5.91 Å². The third-order valence-electron chi connectivity index (χ3n) is 3.52. The summed E-state index contributed by atoms with van der Waals surface area (Å²) in [6.07, 6.45) is 3.71. The summed E-state index contributed by atoms with van der Waals surface area (Å²) < 4.78 is 2.11. The molecule has 5 heteroatoms. The smallest absolute Gasteiger partial charge is 0.240 e. The Bertz CT molecular complexity index is 679. The Morgan fingerprint density at radius 2 is 2.17 bits per heavy atom. The number of hydrogen-bond donors (Lipinski definition) is 0. The minimum absolute atomic E-state index is 0.0953. The zero-order valence-electron chi connectivity index (χ0n) is 13.1. The van der Waals surface area contributed by atoms with Gasteiger partial charge in [-0.1, -0.05) is 29.8 Å². The molecule has 3 nitrogen and oxygen atoms in total. The Kier molecular flexibility index (Phi) is 6.31. The minimum atomic E-state index is -0.550. The molecule has 0 aliphatic heterocycles. The van der Waals surface area contributed by atoms with Gasteiger partial charge in [0.15, 0.2) is 0 Å². The van der Waals surface area contributed by atoms with Crippen LogP contribution in [0.3, 0.4) is 0 Å². The molecule has 23 heavy (non-hydrogen) atoms. The Labute approximate surface area is 147 Å². The van der Waals surface area contributed by atoms with E-state index >= 15 is 0 Å². The number of aromatic nitrogens is 1. The fourth-order valence-corrected chi connectivity index (χ4v) is 2.77. The van der Waals surface area contributed by atoms with Gasteiger partial charge in [0.25, 0.3) is 0 Å². The van der Waals surface area contributed by atoms with Crippen molar-refractivity contribution in [1.82, 2.24) is 9.47 Å². The van der Waals surface area contributed by atoms with Crippen LogP contribution >= 0.6 is 23.2 Å². The van der Waals surface area contributed by atoms with Crippen molar-refractivity contribution in [2.75, 3.05) is 6.54 Å². The quantitative estimate of drug-likeness (QED) is 0.538. The molecule has 1 aromatic heterocycles. The number of carbonyl (C=O) groups is 1. The highest BCUT2D eigenvalue weighted by Crippen LogP contribution is 2.15. The molecule has 0 spiro atoms. The van der Waals surface area contributed by atoms with Gasteiger partial charge < -0.3 is 9.47 Å². The van der Waals surface area contributed by atoms with E-state index in [2.05, 4.69) is 11.1 Å². The van der Waals surface area contributed by atoms with Crippen LogP contribution in [0.25, 0.3) is 0 Å². The van der Waals surface area contributed by atoms with Crippen molar-refractivity contribution >= 4 is 29.1 Å². The van der Waals surface area contributed by atoms with Crippen molar-refractivity contribution in [3.8, 4) is 0 Å². The van der Waals surface area contributed by atoms with Gasteiger partial charge in [0.1, 0.15) is 5.38 Å². The SMILES string of the molecule is C=CCN(Cc1cccn1Cc1cccc(Cl)c1)C(=O)C(C)Cl. The lowest BCUT2D eigenvalue weighted by Crippen LogP contribution is -2.36. The first-order valence-corrected chi connectivity index (χ1v) is 8.25. The van der Waals surface area contributed by atoms with Crippen LogP contribution in [0.2, 0.25) is 5.02 Å². The summed E-state index contributed by atoms with van der Waals surface area (Å²) >= 11 is 12.0. The second-order valence-electron chi connectivity index (χ2n) is 5.38. The van der Waals surface area contributed by atoms with Gasteiger partial charge in [-0.2, -0.15) is 0 Å². The van der Waals surface area contributed by atoms with E-state index in [0.29, 0.717) is 19.6 Å². The summed E-state index contributed by atoms with van der Waals surface area (Å²) in [7, 11) is 0. The molecular weight excluding hydrogens is 331 g/mol. The number of amides is 1. The van der Waals surface area contributed by atoms with E-state index in [1.807, 2.05) is 42.6 Å². The van der Waals surface area contributed by atoms with Gasteiger partial charge in [-0.3, -0.25) is 4.79 Å². The molecule has 1 amide bonds. The number of halogens is 2. The Balaban J connectivity index is 2.16. The maximum absolute atomic E-state index is 12.2. The standard InChI is InChI=1S/C18H20Cl2N2O/c1-3-9-22(18(23)14(2)19)13-17-8-5-10-21(17)12-15-6-4-7-16(20)11-15/h3-8,10-11,14H,1,9,12-13H2,2H3. The molecule has 1 atom stereocenters. The van der Waals surface area contributed by atoms with Crippen molar-refractivity contribution in [2.45, 2.75) is 25.4 Å². The fourth-order valence-electron chi connectivity index (χ4n) is 2.41. The number of benzene rings is 1. The van der Waals surface area contributed by atoms with E-state index < -0.39 is 5.38 Å². The molecule has 0 N–H and O–H groups in total. The van der Waals surface area contributed by atoms with Crippen molar-refractivity contribution in [3.05, 3.63) is 71.5 Å². The molecule has 0 saturated carbocycles. The third-order valence-corrected chi connectivity index (χ3v) is 3.94. The molecule has 0 aliphatic rings. The highest BCUT2D eigenvalue weighted by molar-refractivity contribution is 6.30. The van der Waals surface area contributed by atoms with Crippen molar-refractivity contribution < 1.29 is 4.79 Å². The van der Waals surface area contributed by atoms with Crippen molar-refractivity contribution in [2.24, 2.45) is 0 Å². The summed E-state index contributed by atoms with van der Waals surface area (Å²) in [5.74, 6) is -0.0953. The lowest BCUT2D eigenvalue weighted by Gasteiger charge is -2.23. The van der Waals surface area contributed by atoms with Crippen LogP contribution in [0, 0.1) is 0 Å². The number of hydrogen-bond acceptors (Lipinski definition) is 1. The predicted molar refractivity (Wildman–Crippen MR) is 95.9 cm³/mol. The normalized spacial score (nSPS) is 12.0. The van der Waals surface area contributed by atoms with E-state index in [1.54, 1.807) is 17.9 Å². The highest BCUT2D eigenvalue weighted by atomic mass is 35.5. The lowest BCUT2D eigenvalue weighted by molar-refractivity contribution is -0.130. The average Bonchev–Trinajstić information content (AvgIpc) is 2.93. The first-order chi connectivity index (χ1) is 11.0. The molecule has 1 aromatic carbocycles. The third kappa shape index (κ3) is 4.88. The van der Waals surface area contributed by atoms with Crippen molar-refractivity contribution in [1.29, 1.82) is 0 Å². The molecule has 2 rings (SSSR count). The molecule has 1 heterocycles. The fraction of sp³-hybridized carbons (Fsp3) is 0.278. The maximum Gasteiger partial charge on any atom is 0.240 e. The summed E-state index contributed by atoms with van der Waals surface area (Å²) in [6, 6.07) is 11.7. The number of alkyl halides is 1. The van der Waals surface area contributed by atoms with Gasteiger partial charge in [0.05, 0.1) is 6.54 Å². The van der Waals surface area contributed by atoms with Gasteiger partial charge in [0, 0.05) is 30.0 Å². The molecule has 0 fully saturated rings.